The molecule has 0 aliphatic rings. The molecular formula is C7H8N2O2. The molecule has 11 heavy (non-hydrogen) atoms. The number of rotatable bonds is 1. The van der Waals surface area contributed by atoms with E-state index in [0.29, 0.717) is 5.89 Å². The van der Waals surface area contributed by atoms with Gasteiger partial charge < -0.3 is 9.52 Å². The van der Waals surface area contributed by atoms with Crippen molar-refractivity contribution in [3.8, 4) is 12.3 Å². The van der Waals surface area contributed by atoms with Gasteiger partial charge in [-0.1, -0.05) is 5.92 Å². The molecule has 4 nitrogen and oxygen atoms in total. The highest BCUT2D eigenvalue weighted by atomic mass is 16.4. The number of terminal acetylenes is 1. The lowest BCUT2D eigenvalue weighted by Gasteiger charge is -2.08. The van der Waals surface area contributed by atoms with Gasteiger partial charge in [0, 0.05) is 6.92 Å². The van der Waals surface area contributed by atoms with E-state index in [1.165, 1.54) is 6.92 Å². The average Bonchev–Trinajstić information content (AvgIpc) is 2.36. The highest BCUT2D eigenvalue weighted by molar-refractivity contribution is 5.12. The third-order valence-electron chi connectivity index (χ3n) is 1.22. The summed E-state index contributed by atoms with van der Waals surface area (Å²) >= 11 is 0. The van der Waals surface area contributed by atoms with Crippen molar-refractivity contribution in [2.75, 3.05) is 0 Å². The molecule has 0 aliphatic heterocycles. The predicted molar refractivity (Wildman–Crippen MR) is 37.4 cm³/mol. The maximum atomic E-state index is 9.38. The van der Waals surface area contributed by atoms with Gasteiger partial charge in [0.1, 0.15) is 0 Å². The monoisotopic (exact) mass is 152 g/mol. The van der Waals surface area contributed by atoms with E-state index in [-0.39, 0.29) is 5.89 Å². The number of aryl methyl sites for hydroxylation is 1. The summed E-state index contributed by atoms with van der Waals surface area (Å²) < 4.78 is 4.92. The van der Waals surface area contributed by atoms with Gasteiger partial charge in [0.15, 0.2) is 0 Å². The zero-order valence-corrected chi connectivity index (χ0v) is 6.33. The fourth-order valence-electron chi connectivity index (χ4n) is 0.555. The van der Waals surface area contributed by atoms with Crippen LogP contribution in [0.4, 0.5) is 0 Å². The van der Waals surface area contributed by atoms with Crippen LogP contribution in [0.15, 0.2) is 4.42 Å². The Labute approximate surface area is 64.3 Å². The average molecular weight is 152 g/mol. The molecule has 1 rings (SSSR count). The first-order valence-electron chi connectivity index (χ1n) is 3.07. The lowest BCUT2D eigenvalue weighted by Crippen LogP contribution is -2.18. The summed E-state index contributed by atoms with van der Waals surface area (Å²) in [4.78, 5) is 0. The SMILES string of the molecule is C#C[C@@](C)(O)c1nnc(C)o1. The number of hydrogen-bond acceptors (Lipinski definition) is 4. The molecule has 1 aromatic heterocycles. The molecule has 0 bridgehead atoms. The second-order valence-electron chi connectivity index (χ2n) is 2.34. The van der Waals surface area contributed by atoms with Crippen LogP contribution in [0.1, 0.15) is 18.7 Å². The highest BCUT2D eigenvalue weighted by Gasteiger charge is 2.26. The molecule has 1 atom stereocenters. The van der Waals surface area contributed by atoms with Crippen LogP contribution < -0.4 is 0 Å². The summed E-state index contributed by atoms with van der Waals surface area (Å²) in [5, 5.41) is 16.5. The van der Waals surface area contributed by atoms with E-state index in [9.17, 15) is 5.11 Å². The summed E-state index contributed by atoms with van der Waals surface area (Å²) in [6.45, 7) is 3.04. The van der Waals surface area contributed by atoms with Gasteiger partial charge in [-0.3, -0.25) is 0 Å². The molecule has 0 saturated heterocycles. The Bertz CT molecular complexity index is 296. The largest absolute Gasteiger partial charge is 0.421 e. The Kier molecular flexibility index (Phi) is 1.67. The van der Waals surface area contributed by atoms with Gasteiger partial charge in [0.05, 0.1) is 0 Å². The number of hydrogen-bond donors (Lipinski definition) is 1. The molecule has 0 spiro atoms. The molecule has 0 aliphatic carbocycles. The fourth-order valence-corrected chi connectivity index (χ4v) is 0.555. The van der Waals surface area contributed by atoms with Crippen LogP contribution in [0, 0.1) is 19.3 Å². The zero-order valence-electron chi connectivity index (χ0n) is 6.33. The minimum Gasteiger partial charge on any atom is -0.421 e. The van der Waals surface area contributed by atoms with Gasteiger partial charge in [0.2, 0.25) is 11.5 Å². The first-order chi connectivity index (χ1) is 5.06. The van der Waals surface area contributed by atoms with Crippen LogP contribution in [0.25, 0.3) is 0 Å². The summed E-state index contributed by atoms with van der Waals surface area (Å²) in [7, 11) is 0. The van der Waals surface area contributed by atoms with Gasteiger partial charge in [-0.25, -0.2) is 0 Å². The van der Waals surface area contributed by atoms with E-state index in [1.54, 1.807) is 6.92 Å². The van der Waals surface area contributed by atoms with Gasteiger partial charge in [-0.05, 0) is 6.92 Å². The van der Waals surface area contributed by atoms with Crippen molar-refractivity contribution in [1.82, 2.24) is 10.2 Å². The van der Waals surface area contributed by atoms with Crippen molar-refractivity contribution in [3.05, 3.63) is 11.8 Å². The molecule has 1 N–H and O–H groups in total. The lowest BCUT2D eigenvalue weighted by atomic mass is 10.1. The van der Waals surface area contributed by atoms with Crippen molar-refractivity contribution in [3.63, 3.8) is 0 Å². The Morgan fingerprint density at radius 1 is 1.64 bits per heavy atom. The van der Waals surface area contributed by atoms with Crippen LogP contribution in [0.2, 0.25) is 0 Å². The summed E-state index contributed by atoms with van der Waals surface area (Å²) in [5.41, 5.74) is -1.46. The van der Waals surface area contributed by atoms with Crippen molar-refractivity contribution < 1.29 is 9.52 Å². The molecule has 0 fully saturated rings. The standard InChI is InChI=1S/C7H8N2O2/c1-4-7(3,10)6-9-8-5(2)11-6/h1,10H,2-3H3/t7-/m1/s1. The molecule has 1 heterocycles. The summed E-state index contributed by atoms with van der Waals surface area (Å²) in [6, 6.07) is 0. The molecule has 0 radical (unpaired) electrons. The maximum absolute atomic E-state index is 9.38. The zero-order chi connectivity index (χ0) is 8.48. The number of nitrogens with zero attached hydrogens (tertiary/aromatic N) is 2. The van der Waals surface area contributed by atoms with E-state index in [1.807, 2.05) is 0 Å². The second-order valence-corrected chi connectivity index (χ2v) is 2.34. The van der Waals surface area contributed by atoms with Crippen molar-refractivity contribution in [1.29, 1.82) is 0 Å². The second kappa shape index (κ2) is 2.36. The van der Waals surface area contributed by atoms with Crippen LogP contribution in [-0.2, 0) is 5.60 Å². The van der Waals surface area contributed by atoms with Crippen LogP contribution in [0.5, 0.6) is 0 Å². The van der Waals surface area contributed by atoms with E-state index in [0.717, 1.165) is 0 Å². The molecular weight excluding hydrogens is 144 g/mol. The van der Waals surface area contributed by atoms with Crippen molar-refractivity contribution in [2.24, 2.45) is 0 Å². The maximum Gasteiger partial charge on any atom is 0.260 e. The molecule has 0 amide bonds. The third kappa shape index (κ3) is 1.38. The Balaban J connectivity index is 3.04. The first kappa shape index (κ1) is 7.76. The van der Waals surface area contributed by atoms with E-state index in [2.05, 4.69) is 16.1 Å². The van der Waals surface area contributed by atoms with Gasteiger partial charge in [-0.15, -0.1) is 16.6 Å². The molecule has 1 aromatic rings. The van der Waals surface area contributed by atoms with E-state index < -0.39 is 5.60 Å². The van der Waals surface area contributed by atoms with E-state index in [4.69, 9.17) is 10.8 Å². The van der Waals surface area contributed by atoms with Gasteiger partial charge in [0.25, 0.3) is 5.89 Å². The van der Waals surface area contributed by atoms with Crippen molar-refractivity contribution >= 4 is 0 Å². The van der Waals surface area contributed by atoms with Crippen molar-refractivity contribution in [2.45, 2.75) is 19.4 Å². The molecule has 0 aromatic carbocycles. The van der Waals surface area contributed by atoms with E-state index >= 15 is 0 Å². The number of aromatic nitrogens is 2. The minimum absolute atomic E-state index is 0.0532. The summed E-state index contributed by atoms with van der Waals surface area (Å²) in [6.07, 6.45) is 5.02. The first-order valence-corrected chi connectivity index (χ1v) is 3.07. The molecule has 0 unspecified atom stereocenters. The Hall–Kier alpha value is -1.34. The predicted octanol–water partition coefficient (Wildman–Crippen LogP) is 0.219. The molecule has 58 valence electrons. The Morgan fingerprint density at radius 2 is 2.27 bits per heavy atom. The molecule has 4 heteroatoms. The minimum atomic E-state index is -1.46. The fraction of sp³-hybridized carbons (Fsp3) is 0.429. The lowest BCUT2D eigenvalue weighted by molar-refractivity contribution is 0.0883. The van der Waals surface area contributed by atoms with Crippen LogP contribution >= 0.6 is 0 Å². The summed E-state index contributed by atoms with van der Waals surface area (Å²) in [5.74, 6) is 2.57. The van der Waals surface area contributed by atoms with Crippen LogP contribution in [-0.4, -0.2) is 15.3 Å². The van der Waals surface area contributed by atoms with Gasteiger partial charge >= 0.3 is 0 Å². The smallest absolute Gasteiger partial charge is 0.260 e. The normalized spacial score (nSPS) is 15.5. The third-order valence-corrected chi connectivity index (χ3v) is 1.22. The molecule has 0 saturated carbocycles. The number of aliphatic hydroxyl groups is 1. The Morgan fingerprint density at radius 3 is 2.64 bits per heavy atom. The van der Waals surface area contributed by atoms with Crippen LogP contribution in [0.3, 0.4) is 0 Å². The quantitative estimate of drug-likeness (QED) is 0.585. The highest BCUT2D eigenvalue weighted by Crippen LogP contribution is 2.16. The topological polar surface area (TPSA) is 59.2 Å². The van der Waals surface area contributed by atoms with Gasteiger partial charge in [-0.2, -0.15) is 0 Å².